The van der Waals surface area contributed by atoms with Gasteiger partial charge >= 0.3 is 17.9 Å². The second-order valence-electron chi connectivity index (χ2n) is 4.46. The maximum Gasteiger partial charge on any atom is 0.320 e. The minimum absolute atomic E-state index is 0.253. The van der Waals surface area contributed by atoms with Gasteiger partial charge in [0.15, 0.2) is 5.92 Å². The number of esters is 3. The van der Waals surface area contributed by atoms with E-state index >= 15 is 0 Å². The molecule has 0 aliphatic heterocycles. The van der Waals surface area contributed by atoms with E-state index in [4.69, 9.17) is 0 Å². The second-order valence-corrected chi connectivity index (χ2v) is 4.46. The molecule has 0 spiro atoms. The first-order valence-electron chi connectivity index (χ1n) is 6.42. The van der Waals surface area contributed by atoms with Gasteiger partial charge < -0.3 is 14.2 Å². The normalized spacial score (nSPS) is 11.7. The molecule has 0 saturated heterocycles. The summed E-state index contributed by atoms with van der Waals surface area (Å²) in [6.45, 7) is 0. The van der Waals surface area contributed by atoms with E-state index in [0.29, 0.717) is 5.56 Å². The lowest BCUT2D eigenvalue weighted by molar-refractivity contribution is -0.160. The summed E-state index contributed by atoms with van der Waals surface area (Å²) in [6.07, 6.45) is -0.253. The monoisotopic (exact) mass is 312 g/mol. The van der Waals surface area contributed by atoms with Gasteiger partial charge in [-0.05, 0) is 17.7 Å². The predicted molar refractivity (Wildman–Crippen MR) is 73.3 cm³/mol. The third kappa shape index (κ3) is 4.28. The number of rotatable bonds is 6. The van der Waals surface area contributed by atoms with Crippen molar-refractivity contribution in [2.75, 3.05) is 21.3 Å². The Labute approximate surface area is 127 Å². The van der Waals surface area contributed by atoms with Crippen LogP contribution in [0.15, 0.2) is 24.3 Å². The van der Waals surface area contributed by atoms with Crippen LogP contribution in [0.1, 0.15) is 17.9 Å². The average molecular weight is 312 g/mol. The number of ether oxygens (including phenoxy) is 3. The zero-order chi connectivity index (χ0) is 16.7. The first kappa shape index (κ1) is 17.6. The number of carbonyl (C=O) groups is 3. The van der Waals surface area contributed by atoms with Crippen LogP contribution < -0.4 is 0 Å². The zero-order valence-electron chi connectivity index (χ0n) is 12.5. The van der Waals surface area contributed by atoms with Crippen molar-refractivity contribution >= 4 is 17.9 Å². The topological polar surface area (TPSA) is 78.9 Å². The Balaban J connectivity index is 3.26. The van der Waals surface area contributed by atoms with Crippen molar-refractivity contribution in [1.29, 1.82) is 0 Å². The highest BCUT2D eigenvalue weighted by atomic mass is 19.1. The van der Waals surface area contributed by atoms with Gasteiger partial charge in [0.2, 0.25) is 0 Å². The molecule has 0 saturated carbocycles. The fraction of sp³-hybridized carbons (Fsp3) is 0.400. The van der Waals surface area contributed by atoms with Crippen molar-refractivity contribution in [3.8, 4) is 0 Å². The lowest BCUT2D eigenvalue weighted by Gasteiger charge is -2.23. The molecule has 1 aromatic carbocycles. The minimum Gasteiger partial charge on any atom is -0.469 e. The fourth-order valence-electron chi connectivity index (χ4n) is 2.08. The van der Waals surface area contributed by atoms with Gasteiger partial charge in [-0.15, -0.1) is 0 Å². The number of halogens is 1. The Morgan fingerprint density at radius 3 is 1.86 bits per heavy atom. The summed E-state index contributed by atoms with van der Waals surface area (Å²) in [5.74, 6) is -5.01. The largest absolute Gasteiger partial charge is 0.469 e. The molecule has 0 amide bonds. The lowest BCUT2D eigenvalue weighted by Crippen LogP contribution is -2.33. The third-order valence-corrected chi connectivity index (χ3v) is 3.23. The molecular weight excluding hydrogens is 295 g/mol. The Morgan fingerprint density at radius 2 is 1.45 bits per heavy atom. The van der Waals surface area contributed by atoms with Crippen molar-refractivity contribution < 1.29 is 33.0 Å². The molecule has 0 heterocycles. The summed E-state index contributed by atoms with van der Waals surface area (Å²) in [6, 6.07) is 5.13. The summed E-state index contributed by atoms with van der Waals surface area (Å²) in [5.41, 5.74) is 0.424. The van der Waals surface area contributed by atoms with Gasteiger partial charge in [0.1, 0.15) is 5.82 Å². The van der Waals surface area contributed by atoms with Gasteiger partial charge in [0.05, 0.1) is 27.8 Å². The smallest absolute Gasteiger partial charge is 0.320 e. The van der Waals surface area contributed by atoms with Crippen molar-refractivity contribution in [3.05, 3.63) is 35.6 Å². The van der Waals surface area contributed by atoms with E-state index in [0.717, 1.165) is 14.2 Å². The van der Waals surface area contributed by atoms with Gasteiger partial charge in [-0.2, -0.15) is 0 Å². The molecule has 0 bridgehead atoms. The summed E-state index contributed by atoms with van der Waals surface area (Å²) in [5, 5.41) is 0. The number of hydrogen-bond donors (Lipinski definition) is 0. The van der Waals surface area contributed by atoms with Crippen LogP contribution in [0, 0.1) is 11.7 Å². The SMILES string of the molecule is COC(=O)CC(c1ccc(F)cc1)C(C(=O)OC)C(=O)OC. The van der Waals surface area contributed by atoms with Gasteiger partial charge in [0, 0.05) is 5.92 Å². The van der Waals surface area contributed by atoms with E-state index < -0.39 is 35.6 Å². The lowest BCUT2D eigenvalue weighted by atomic mass is 9.83. The van der Waals surface area contributed by atoms with Crippen LogP contribution >= 0.6 is 0 Å². The number of hydrogen-bond acceptors (Lipinski definition) is 6. The molecule has 22 heavy (non-hydrogen) atoms. The van der Waals surface area contributed by atoms with Crippen LogP contribution in [0.5, 0.6) is 0 Å². The Hall–Kier alpha value is -2.44. The number of benzene rings is 1. The standard InChI is InChI=1S/C15H17FO6/c1-20-12(17)8-11(9-4-6-10(16)7-5-9)13(14(18)21-2)15(19)22-3/h4-7,11,13H,8H2,1-3H3. The summed E-state index contributed by atoms with van der Waals surface area (Å²) < 4.78 is 26.9. The maximum absolute atomic E-state index is 13.1. The third-order valence-electron chi connectivity index (χ3n) is 3.23. The fourth-order valence-corrected chi connectivity index (χ4v) is 2.08. The van der Waals surface area contributed by atoms with Crippen molar-refractivity contribution in [3.63, 3.8) is 0 Å². The molecule has 0 N–H and O–H groups in total. The highest BCUT2D eigenvalue weighted by Gasteiger charge is 2.39. The molecule has 0 fully saturated rings. The Bertz CT molecular complexity index is 523. The molecule has 1 unspecified atom stereocenters. The first-order chi connectivity index (χ1) is 10.4. The van der Waals surface area contributed by atoms with E-state index in [1.54, 1.807) is 0 Å². The Morgan fingerprint density at radius 1 is 0.955 bits per heavy atom. The maximum atomic E-state index is 13.1. The molecule has 0 aromatic heterocycles. The van der Waals surface area contributed by atoms with Crippen LogP contribution in [0.25, 0.3) is 0 Å². The van der Waals surface area contributed by atoms with Gasteiger partial charge in [0.25, 0.3) is 0 Å². The Kier molecular flexibility index (Phi) is 6.49. The zero-order valence-corrected chi connectivity index (χ0v) is 12.5. The first-order valence-corrected chi connectivity index (χ1v) is 6.42. The summed E-state index contributed by atoms with van der Waals surface area (Å²) in [4.78, 5) is 35.4. The van der Waals surface area contributed by atoms with Crippen LogP contribution in [0.4, 0.5) is 4.39 Å². The quantitative estimate of drug-likeness (QED) is 0.449. The van der Waals surface area contributed by atoms with E-state index in [1.807, 2.05) is 0 Å². The molecule has 1 atom stereocenters. The molecule has 0 aliphatic carbocycles. The van der Waals surface area contributed by atoms with E-state index in [1.165, 1.54) is 31.4 Å². The van der Waals surface area contributed by atoms with Crippen molar-refractivity contribution in [2.24, 2.45) is 5.92 Å². The van der Waals surface area contributed by atoms with Crippen LogP contribution in [-0.2, 0) is 28.6 Å². The molecule has 7 heteroatoms. The van der Waals surface area contributed by atoms with E-state index in [2.05, 4.69) is 14.2 Å². The van der Waals surface area contributed by atoms with Crippen LogP contribution in [0.2, 0.25) is 0 Å². The highest BCUT2D eigenvalue weighted by Crippen LogP contribution is 2.31. The molecule has 6 nitrogen and oxygen atoms in total. The van der Waals surface area contributed by atoms with Gasteiger partial charge in [-0.1, -0.05) is 12.1 Å². The summed E-state index contributed by atoms with van der Waals surface area (Å²) in [7, 11) is 3.44. The minimum atomic E-state index is -1.35. The predicted octanol–water partition coefficient (Wildman–Crippen LogP) is 1.43. The van der Waals surface area contributed by atoms with Crippen LogP contribution in [-0.4, -0.2) is 39.2 Å². The molecule has 120 valence electrons. The molecule has 0 radical (unpaired) electrons. The van der Waals surface area contributed by atoms with Gasteiger partial charge in [-0.25, -0.2) is 4.39 Å². The number of carbonyl (C=O) groups excluding carboxylic acids is 3. The van der Waals surface area contributed by atoms with Crippen LogP contribution in [0.3, 0.4) is 0 Å². The van der Waals surface area contributed by atoms with E-state index in [-0.39, 0.29) is 6.42 Å². The van der Waals surface area contributed by atoms with Crippen molar-refractivity contribution in [1.82, 2.24) is 0 Å². The number of methoxy groups -OCH3 is 3. The highest BCUT2D eigenvalue weighted by molar-refractivity contribution is 5.96. The molecule has 1 aromatic rings. The van der Waals surface area contributed by atoms with E-state index in [9.17, 15) is 18.8 Å². The second kappa shape index (κ2) is 8.11. The molecular formula is C15H17FO6. The molecule has 1 rings (SSSR count). The summed E-state index contributed by atoms with van der Waals surface area (Å²) >= 11 is 0. The van der Waals surface area contributed by atoms with Crippen molar-refractivity contribution in [2.45, 2.75) is 12.3 Å². The molecule has 0 aliphatic rings. The van der Waals surface area contributed by atoms with Gasteiger partial charge in [-0.3, -0.25) is 14.4 Å². The average Bonchev–Trinajstić information content (AvgIpc) is 2.54.